The lowest BCUT2D eigenvalue weighted by atomic mass is 10.2. The zero-order valence-corrected chi connectivity index (χ0v) is 10.9. The Morgan fingerprint density at radius 1 is 1.44 bits per heavy atom. The smallest absolute Gasteiger partial charge is 0.260 e. The SMILES string of the molecule is COCCNC(=O)C(C)Oc1cc(C)cc(O)c1. The van der Waals surface area contributed by atoms with Crippen molar-refractivity contribution in [3.05, 3.63) is 23.8 Å². The van der Waals surface area contributed by atoms with Crippen molar-refractivity contribution in [3.63, 3.8) is 0 Å². The van der Waals surface area contributed by atoms with Gasteiger partial charge in [0.05, 0.1) is 6.61 Å². The molecule has 1 amide bonds. The minimum atomic E-state index is -0.622. The van der Waals surface area contributed by atoms with Crippen LogP contribution in [0, 0.1) is 6.92 Å². The fourth-order valence-electron chi connectivity index (χ4n) is 1.47. The summed E-state index contributed by atoms with van der Waals surface area (Å²) in [6, 6.07) is 4.86. The summed E-state index contributed by atoms with van der Waals surface area (Å²) >= 11 is 0. The van der Waals surface area contributed by atoms with Crippen LogP contribution >= 0.6 is 0 Å². The lowest BCUT2D eigenvalue weighted by Gasteiger charge is -2.15. The van der Waals surface area contributed by atoms with Crippen molar-refractivity contribution >= 4 is 5.91 Å². The van der Waals surface area contributed by atoms with E-state index in [2.05, 4.69) is 5.32 Å². The molecule has 0 radical (unpaired) electrons. The molecule has 0 aliphatic heterocycles. The fourth-order valence-corrected chi connectivity index (χ4v) is 1.47. The summed E-state index contributed by atoms with van der Waals surface area (Å²) in [6.45, 7) is 4.41. The molecule has 0 fully saturated rings. The molecule has 0 spiro atoms. The molecule has 100 valence electrons. The molecule has 0 heterocycles. The summed E-state index contributed by atoms with van der Waals surface area (Å²) in [7, 11) is 1.57. The number of benzene rings is 1. The van der Waals surface area contributed by atoms with Crippen molar-refractivity contribution in [1.82, 2.24) is 5.32 Å². The molecule has 5 nitrogen and oxygen atoms in total. The van der Waals surface area contributed by atoms with Crippen LogP contribution in [0.15, 0.2) is 18.2 Å². The van der Waals surface area contributed by atoms with Gasteiger partial charge in [-0.1, -0.05) is 0 Å². The average molecular weight is 253 g/mol. The van der Waals surface area contributed by atoms with Crippen LogP contribution in [-0.2, 0) is 9.53 Å². The Labute approximate surface area is 107 Å². The summed E-state index contributed by atoms with van der Waals surface area (Å²) in [5.41, 5.74) is 0.872. The molecule has 1 atom stereocenters. The van der Waals surface area contributed by atoms with E-state index in [4.69, 9.17) is 9.47 Å². The van der Waals surface area contributed by atoms with Gasteiger partial charge in [0.2, 0.25) is 0 Å². The van der Waals surface area contributed by atoms with Gasteiger partial charge in [-0.3, -0.25) is 4.79 Å². The maximum Gasteiger partial charge on any atom is 0.260 e. The standard InChI is InChI=1S/C13H19NO4/c1-9-6-11(15)8-12(7-9)18-10(2)13(16)14-4-5-17-3/h6-8,10,15H,4-5H2,1-3H3,(H,14,16). The number of methoxy groups -OCH3 is 1. The molecule has 18 heavy (non-hydrogen) atoms. The lowest BCUT2D eigenvalue weighted by Crippen LogP contribution is -2.37. The molecule has 0 aliphatic carbocycles. The maximum absolute atomic E-state index is 11.6. The van der Waals surface area contributed by atoms with Crippen molar-refractivity contribution in [2.75, 3.05) is 20.3 Å². The van der Waals surface area contributed by atoms with Crippen molar-refractivity contribution in [1.29, 1.82) is 0 Å². The predicted molar refractivity (Wildman–Crippen MR) is 67.8 cm³/mol. The molecular weight excluding hydrogens is 234 g/mol. The molecule has 2 N–H and O–H groups in total. The summed E-state index contributed by atoms with van der Waals surface area (Å²) in [5.74, 6) is 0.381. The van der Waals surface area contributed by atoms with Crippen LogP contribution in [0.25, 0.3) is 0 Å². The van der Waals surface area contributed by atoms with Crippen LogP contribution in [0.1, 0.15) is 12.5 Å². The largest absolute Gasteiger partial charge is 0.508 e. The Hall–Kier alpha value is -1.75. The molecule has 5 heteroatoms. The molecule has 1 aromatic rings. The number of aryl methyl sites for hydroxylation is 1. The van der Waals surface area contributed by atoms with E-state index < -0.39 is 6.10 Å². The van der Waals surface area contributed by atoms with Crippen LogP contribution in [0.4, 0.5) is 0 Å². The molecule has 0 aromatic heterocycles. The second-order valence-corrected chi connectivity index (χ2v) is 4.05. The van der Waals surface area contributed by atoms with E-state index in [0.29, 0.717) is 18.9 Å². The first-order valence-electron chi connectivity index (χ1n) is 5.77. The fraction of sp³-hybridized carbons (Fsp3) is 0.462. The lowest BCUT2D eigenvalue weighted by molar-refractivity contribution is -0.127. The van der Waals surface area contributed by atoms with Gasteiger partial charge < -0.3 is 19.9 Å². The number of amides is 1. The quantitative estimate of drug-likeness (QED) is 0.748. The maximum atomic E-state index is 11.6. The van der Waals surface area contributed by atoms with Crippen LogP contribution in [0.2, 0.25) is 0 Å². The first kappa shape index (κ1) is 14.3. The van der Waals surface area contributed by atoms with Gasteiger partial charge in [0.25, 0.3) is 5.91 Å². The third-order valence-electron chi connectivity index (χ3n) is 2.32. The molecular formula is C13H19NO4. The third-order valence-corrected chi connectivity index (χ3v) is 2.32. The first-order chi connectivity index (χ1) is 8.52. The zero-order valence-electron chi connectivity index (χ0n) is 10.9. The van der Waals surface area contributed by atoms with Crippen LogP contribution in [0.5, 0.6) is 11.5 Å². The number of rotatable bonds is 6. The van der Waals surface area contributed by atoms with Crippen LogP contribution in [0.3, 0.4) is 0 Å². The van der Waals surface area contributed by atoms with E-state index in [-0.39, 0.29) is 11.7 Å². The highest BCUT2D eigenvalue weighted by molar-refractivity contribution is 5.80. The van der Waals surface area contributed by atoms with E-state index in [1.165, 1.54) is 6.07 Å². The van der Waals surface area contributed by atoms with E-state index in [1.807, 2.05) is 6.92 Å². The molecule has 0 saturated carbocycles. The first-order valence-corrected chi connectivity index (χ1v) is 5.77. The number of aromatic hydroxyl groups is 1. The van der Waals surface area contributed by atoms with Crippen LogP contribution < -0.4 is 10.1 Å². The second-order valence-electron chi connectivity index (χ2n) is 4.05. The van der Waals surface area contributed by atoms with Crippen LogP contribution in [-0.4, -0.2) is 37.4 Å². The minimum absolute atomic E-state index is 0.122. The molecule has 1 rings (SSSR count). The van der Waals surface area contributed by atoms with Gasteiger partial charge in [-0.2, -0.15) is 0 Å². The van der Waals surface area contributed by atoms with Gasteiger partial charge in [0, 0.05) is 19.7 Å². The van der Waals surface area contributed by atoms with E-state index in [1.54, 1.807) is 26.2 Å². The number of nitrogens with one attached hydrogen (secondary N) is 1. The van der Waals surface area contributed by atoms with Gasteiger partial charge >= 0.3 is 0 Å². The Kier molecular flexibility index (Phi) is 5.45. The number of hydrogen-bond acceptors (Lipinski definition) is 4. The number of ether oxygens (including phenoxy) is 2. The minimum Gasteiger partial charge on any atom is -0.508 e. The summed E-state index contributed by atoms with van der Waals surface area (Å²) in [6.07, 6.45) is -0.622. The predicted octanol–water partition coefficient (Wildman–Crippen LogP) is 1.23. The van der Waals surface area contributed by atoms with Crippen molar-refractivity contribution in [3.8, 4) is 11.5 Å². The highest BCUT2D eigenvalue weighted by Gasteiger charge is 2.14. The zero-order chi connectivity index (χ0) is 13.5. The number of phenols is 1. The molecule has 0 saturated heterocycles. The van der Waals surface area contributed by atoms with E-state index in [0.717, 1.165) is 5.56 Å². The third kappa shape index (κ3) is 4.63. The van der Waals surface area contributed by atoms with Gasteiger partial charge in [-0.25, -0.2) is 0 Å². The highest BCUT2D eigenvalue weighted by Crippen LogP contribution is 2.22. The van der Waals surface area contributed by atoms with E-state index in [9.17, 15) is 9.90 Å². The van der Waals surface area contributed by atoms with Crippen molar-refractivity contribution < 1.29 is 19.4 Å². The highest BCUT2D eigenvalue weighted by atomic mass is 16.5. The molecule has 1 unspecified atom stereocenters. The number of hydrogen-bond donors (Lipinski definition) is 2. The van der Waals surface area contributed by atoms with Gasteiger partial charge in [0.15, 0.2) is 6.10 Å². The van der Waals surface area contributed by atoms with Gasteiger partial charge in [-0.15, -0.1) is 0 Å². The summed E-state index contributed by atoms with van der Waals surface area (Å²) < 4.78 is 10.3. The molecule has 0 bridgehead atoms. The number of carbonyl (C=O) groups is 1. The number of carbonyl (C=O) groups excluding carboxylic acids is 1. The topological polar surface area (TPSA) is 67.8 Å². The molecule has 0 aliphatic rings. The Morgan fingerprint density at radius 2 is 2.17 bits per heavy atom. The Bertz CT molecular complexity index is 386. The van der Waals surface area contributed by atoms with Crippen molar-refractivity contribution in [2.45, 2.75) is 20.0 Å². The summed E-state index contributed by atoms with van der Waals surface area (Å²) in [5, 5.41) is 12.1. The normalized spacial score (nSPS) is 11.9. The Morgan fingerprint density at radius 3 is 2.78 bits per heavy atom. The number of phenolic OH excluding ortho intramolecular Hbond substituents is 1. The van der Waals surface area contributed by atoms with Gasteiger partial charge in [0.1, 0.15) is 11.5 Å². The second kappa shape index (κ2) is 6.86. The molecule has 1 aromatic carbocycles. The van der Waals surface area contributed by atoms with Crippen molar-refractivity contribution in [2.24, 2.45) is 0 Å². The van der Waals surface area contributed by atoms with Gasteiger partial charge in [-0.05, 0) is 31.5 Å². The van der Waals surface area contributed by atoms with E-state index >= 15 is 0 Å². The Balaban J connectivity index is 2.52. The summed E-state index contributed by atoms with van der Waals surface area (Å²) in [4.78, 5) is 11.6. The average Bonchev–Trinajstić information content (AvgIpc) is 2.27. The monoisotopic (exact) mass is 253 g/mol.